The van der Waals surface area contributed by atoms with E-state index >= 15 is 0 Å². The average Bonchev–Trinajstić information content (AvgIpc) is 2.90. The molecule has 0 aromatic heterocycles. The van der Waals surface area contributed by atoms with E-state index in [1.165, 1.54) is 17.5 Å². The number of hydrogen-bond acceptors (Lipinski definition) is 1. The molecule has 0 bridgehead atoms. The van der Waals surface area contributed by atoms with Crippen LogP contribution in [0.3, 0.4) is 0 Å². The van der Waals surface area contributed by atoms with Crippen molar-refractivity contribution in [3.63, 3.8) is 0 Å². The summed E-state index contributed by atoms with van der Waals surface area (Å²) in [5, 5.41) is 10.5. The summed E-state index contributed by atoms with van der Waals surface area (Å²) in [7, 11) is 0. The number of halogens is 1. The number of benzene rings is 2. The van der Waals surface area contributed by atoms with Crippen molar-refractivity contribution < 1.29 is 9.50 Å². The second kappa shape index (κ2) is 5.02. The van der Waals surface area contributed by atoms with Gasteiger partial charge in [0.15, 0.2) is 0 Å². The van der Waals surface area contributed by atoms with E-state index in [4.69, 9.17) is 0 Å². The molecule has 0 heterocycles. The van der Waals surface area contributed by atoms with Crippen molar-refractivity contribution in [1.82, 2.24) is 0 Å². The molecule has 0 amide bonds. The van der Waals surface area contributed by atoms with Crippen LogP contribution in [0.15, 0.2) is 30.3 Å². The van der Waals surface area contributed by atoms with Crippen LogP contribution >= 0.6 is 0 Å². The molecule has 2 heteroatoms. The number of aliphatic hydroxyl groups excluding tert-OH is 1. The van der Waals surface area contributed by atoms with E-state index in [-0.39, 0.29) is 5.82 Å². The van der Waals surface area contributed by atoms with Gasteiger partial charge >= 0.3 is 0 Å². The first-order valence-corrected chi connectivity index (χ1v) is 7.12. The fourth-order valence-corrected chi connectivity index (χ4v) is 3.09. The highest BCUT2D eigenvalue weighted by Crippen LogP contribution is 2.29. The molecule has 0 radical (unpaired) electrons. The van der Waals surface area contributed by atoms with Gasteiger partial charge in [-0.15, -0.1) is 0 Å². The summed E-state index contributed by atoms with van der Waals surface area (Å²) < 4.78 is 13.7. The molecule has 1 atom stereocenters. The molecular formula is C18H19FO. The van der Waals surface area contributed by atoms with E-state index in [9.17, 15) is 9.50 Å². The van der Waals surface area contributed by atoms with E-state index in [2.05, 4.69) is 12.1 Å². The van der Waals surface area contributed by atoms with Crippen molar-refractivity contribution in [3.8, 4) is 0 Å². The summed E-state index contributed by atoms with van der Waals surface area (Å²) in [6.07, 6.45) is 2.75. The third kappa shape index (κ3) is 2.25. The van der Waals surface area contributed by atoms with Crippen molar-refractivity contribution in [2.45, 2.75) is 39.2 Å². The van der Waals surface area contributed by atoms with Gasteiger partial charge in [-0.3, -0.25) is 0 Å². The van der Waals surface area contributed by atoms with Crippen LogP contribution in [0.1, 0.15) is 45.9 Å². The van der Waals surface area contributed by atoms with Crippen LogP contribution < -0.4 is 0 Å². The molecule has 1 aliphatic carbocycles. The quantitative estimate of drug-likeness (QED) is 0.874. The lowest BCUT2D eigenvalue weighted by atomic mass is 9.95. The first-order chi connectivity index (χ1) is 9.56. The Balaban J connectivity index is 1.98. The summed E-state index contributed by atoms with van der Waals surface area (Å²) in [6, 6.07) is 9.68. The molecule has 3 rings (SSSR count). The first-order valence-electron chi connectivity index (χ1n) is 7.12. The number of aliphatic hydroxyl groups is 1. The fraction of sp³-hybridized carbons (Fsp3) is 0.333. The largest absolute Gasteiger partial charge is 0.384 e. The SMILES string of the molecule is Cc1cc(C(O)c2ccc3c(c2)CCC3)cc(C)c1F. The van der Waals surface area contributed by atoms with Crippen molar-refractivity contribution in [2.75, 3.05) is 0 Å². The van der Waals surface area contributed by atoms with Crippen molar-refractivity contribution >= 4 is 0 Å². The van der Waals surface area contributed by atoms with E-state index in [1.807, 2.05) is 6.07 Å². The van der Waals surface area contributed by atoms with Crippen molar-refractivity contribution in [3.05, 3.63) is 69.5 Å². The smallest absolute Gasteiger partial charge is 0.129 e. The molecule has 1 unspecified atom stereocenters. The fourth-order valence-electron chi connectivity index (χ4n) is 3.09. The monoisotopic (exact) mass is 270 g/mol. The zero-order valence-electron chi connectivity index (χ0n) is 11.9. The highest BCUT2D eigenvalue weighted by atomic mass is 19.1. The second-order valence-corrected chi connectivity index (χ2v) is 5.75. The van der Waals surface area contributed by atoms with E-state index in [0.29, 0.717) is 11.1 Å². The van der Waals surface area contributed by atoms with E-state index < -0.39 is 6.10 Å². The van der Waals surface area contributed by atoms with Crippen LogP contribution in [0.2, 0.25) is 0 Å². The van der Waals surface area contributed by atoms with Gasteiger partial charge in [0.05, 0.1) is 0 Å². The Morgan fingerprint density at radius 3 is 2.30 bits per heavy atom. The molecule has 1 aliphatic rings. The molecule has 0 saturated carbocycles. The lowest BCUT2D eigenvalue weighted by Crippen LogP contribution is -2.03. The topological polar surface area (TPSA) is 20.2 Å². The Hall–Kier alpha value is -1.67. The summed E-state index contributed by atoms with van der Waals surface area (Å²) in [5.74, 6) is -0.185. The van der Waals surface area contributed by atoms with Crippen LogP contribution in [-0.4, -0.2) is 5.11 Å². The Morgan fingerprint density at radius 1 is 0.950 bits per heavy atom. The number of rotatable bonds is 2. The molecular weight excluding hydrogens is 251 g/mol. The maximum Gasteiger partial charge on any atom is 0.129 e. The normalized spacial score (nSPS) is 15.2. The van der Waals surface area contributed by atoms with Gasteiger partial charge in [-0.2, -0.15) is 0 Å². The van der Waals surface area contributed by atoms with E-state index in [0.717, 1.165) is 24.0 Å². The maximum atomic E-state index is 13.7. The molecule has 2 aromatic carbocycles. The van der Waals surface area contributed by atoms with Gasteiger partial charge < -0.3 is 5.11 Å². The second-order valence-electron chi connectivity index (χ2n) is 5.75. The molecule has 1 nitrogen and oxygen atoms in total. The lowest BCUT2D eigenvalue weighted by Gasteiger charge is -2.15. The highest BCUT2D eigenvalue weighted by Gasteiger charge is 2.17. The summed E-state index contributed by atoms with van der Waals surface area (Å²) in [6.45, 7) is 3.47. The van der Waals surface area contributed by atoms with Crippen LogP contribution in [0.4, 0.5) is 4.39 Å². The molecule has 104 valence electrons. The average molecular weight is 270 g/mol. The summed E-state index contributed by atoms with van der Waals surface area (Å²) in [4.78, 5) is 0. The zero-order chi connectivity index (χ0) is 14.3. The van der Waals surface area contributed by atoms with Gasteiger partial charge in [0.1, 0.15) is 11.9 Å². The van der Waals surface area contributed by atoms with Gasteiger partial charge in [0, 0.05) is 0 Å². The van der Waals surface area contributed by atoms with Gasteiger partial charge in [-0.25, -0.2) is 4.39 Å². The summed E-state index contributed by atoms with van der Waals surface area (Å²) in [5.41, 5.74) is 5.57. The highest BCUT2D eigenvalue weighted by molar-refractivity contribution is 5.41. The minimum Gasteiger partial charge on any atom is -0.384 e. The van der Waals surface area contributed by atoms with Gasteiger partial charge in [-0.1, -0.05) is 30.3 Å². The molecule has 1 N–H and O–H groups in total. The Kier molecular flexibility index (Phi) is 3.35. The molecule has 2 aromatic rings. The first kappa shape index (κ1) is 13.3. The van der Waals surface area contributed by atoms with Crippen LogP contribution in [0.5, 0.6) is 0 Å². The molecule has 20 heavy (non-hydrogen) atoms. The molecule has 0 aliphatic heterocycles. The Bertz CT molecular complexity index is 637. The third-order valence-electron chi connectivity index (χ3n) is 4.21. The minimum absolute atomic E-state index is 0.185. The number of fused-ring (bicyclic) bond motifs is 1. The van der Waals surface area contributed by atoms with Crippen molar-refractivity contribution in [2.24, 2.45) is 0 Å². The maximum absolute atomic E-state index is 13.7. The zero-order valence-corrected chi connectivity index (χ0v) is 11.9. The number of aryl methyl sites for hydroxylation is 4. The van der Waals surface area contributed by atoms with Gasteiger partial charge in [0.25, 0.3) is 0 Å². The lowest BCUT2D eigenvalue weighted by molar-refractivity contribution is 0.220. The van der Waals surface area contributed by atoms with Crippen molar-refractivity contribution in [1.29, 1.82) is 0 Å². The van der Waals surface area contributed by atoms with E-state index in [1.54, 1.807) is 26.0 Å². The predicted molar refractivity (Wildman–Crippen MR) is 78.4 cm³/mol. The van der Waals surface area contributed by atoms with Crippen LogP contribution in [0, 0.1) is 19.7 Å². The van der Waals surface area contributed by atoms with Crippen LogP contribution in [0.25, 0.3) is 0 Å². The van der Waals surface area contributed by atoms with Gasteiger partial charge in [0.2, 0.25) is 0 Å². The van der Waals surface area contributed by atoms with Crippen LogP contribution in [-0.2, 0) is 12.8 Å². The number of hydrogen-bond donors (Lipinski definition) is 1. The minimum atomic E-state index is -0.682. The van der Waals surface area contributed by atoms with Gasteiger partial charge in [-0.05, 0) is 66.5 Å². The predicted octanol–water partition coefficient (Wildman–Crippen LogP) is 4.01. The third-order valence-corrected chi connectivity index (χ3v) is 4.21. The Labute approximate surface area is 119 Å². The standard InChI is InChI=1S/C18H19FO/c1-11-8-16(9-12(2)17(11)19)18(20)15-7-6-13-4-3-5-14(13)10-15/h6-10,18,20H,3-5H2,1-2H3. The Morgan fingerprint density at radius 2 is 1.60 bits per heavy atom. The molecule has 0 fully saturated rings. The molecule has 0 saturated heterocycles. The molecule has 0 spiro atoms. The summed E-state index contributed by atoms with van der Waals surface area (Å²) >= 11 is 0.